The third-order valence-corrected chi connectivity index (χ3v) is 3.17. The Labute approximate surface area is 123 Å². The second-order valence-electron chi connectivity index (χ2n) is 4.59. The highest BCUT2D eigenvalue weighted by atomic mass is 19.1. The van der Waals surface area contributed by atoms with Crippen molar-refractivity contribution in [2.75, 3.05) is 19.6 Å². The second-order valence-corrected chi connectivity index (χ2v) is 4.59. The average molecular weight is 296 g/mol. The highest BCUT2D eigenvalue weighted by Crippen LogP contribution is 2.14. The molecule has 0 heterocycles. The number of rotatable bonds is 7. The summed E-state index contributed by atoms with van der Waals surface area (Å²) in [4.78, 5) is 25.2. The molecule has 5 nitrogen and oxygen atoms in total. The molecule has 0 saturated carbocycles. The molecule has 0 spiro atoms. The number of nitrogens with one attached hydrogen (secondary N) is 1. The Kier molecular flexibility index (Phi) is 6.65. The number of hydrogen-bond donors (Lipinski definition) is 2. The molecule has 0 aromatic heterocycles. The van der Waals surface area contributed by atoms with E-state index in [0.29, 0.717) is 32.5 Å². The van der Waals surface area contributed by atoms with E-state index in [1.165, 1.54) is 12.1 Å². The van der Waals surface area contributed by atoms with Crippen LogP contribution in [-0.4, -0.2) is 41.5 Å². The molecule has 0 atom stereocenters. The van der Waals surface area contributed by atoms with Crippen molar-refractivity contribution in [2.45, 2.75) is 26.7 Å². The van der Waals surface area contributed by atoms with Crippen molar-refractivity contribution in [3.8, 4) is 5.75 Å². The van der Waals surface area contributed by atoms with E-state index in [1.54, 1.807) is 4.90 Å². The van der Waals surface area contributed by atoms with Crippen molar-refractivity contribution in [3.05, 3.63) is 29.6 Å². The third-order valence-electron chi connectivity index (χ3n) is 3.17. The van der Waals surface area contributed by atoms with Crippen LogP contribution >= 0.6 is 0 Å². The topological polar surface area (TPSA) is 69.6 Å². The van der Waals surface area contributed by atoms with Gasteiger partial charge in [-0.15, -0.1) is 0 Å². The molecule has 0 aliphatic heterocycles. The SMILES string of the molecule is CCN(CC)C(=O)CCCNC(=O)c1ccc(O)cc1F. The zero-order valence-electron chi connectivity index (χ0n) is 12.4. The van der Waals surface area contributed by atoms with Crippen LogP contribution in [0.3, 0.4) is 0 Å². The quantitative estimate of drug-likeness (QED) is 0.755. The van der Waals surface area contributed by atoms with Crippen LogP contribution in [0.25, 0.3) is 0 Å². The van der Waals surface area contributed by atoms with E-state index in [1.807, 2.05) is 13.8 Å². The van der Waals surface area contributed by atoms with E-state index >= 15 is 0 Å². The first-order valence-corrected chi connectivity index (χ1v) is 7.04. The molecule has 0 radical (unpaired) electrons. The van der Waals surface area contributed by atoms with Gasteiger partial charge in [0.25, 0.3) is 5.91 Å². The van der Waals surface area contributed by atoms with Crippen LogP contribution in [0, 0.1) is 5.82 Å². The Morgan fingerprint density at radius 1 is 1.29 bits per heavy atom. The van der Waals surface area contributed by atoms with Crippen molar-refractivity contribution >= 4 is 11.8 Å². The van der Waals surface area contributed by atoms with Crippen LogP contribution in [0.15, 0.2) is 18.2 Å². The molecular formula is C15H21FN2O3. The number of halogens is 1. The average Bonchev–Trinajstić information content (AvgIpc) is 2.44. The van der Waals surface area contributed by atoms with Crippen molar-refractivity contribution in [1.82, 2.24) is 10.2 Å². The van der Waals surface area contributed by atoms with Crippen LogP contribution in [0.4, 0.5) is 4.39 Å². The summed E-state index contributed by atoms with van der Waals surface area (Å²) in [6.45, 7) is 5.46. The normalized spacial score (nSPS) is 10.2. The molecule has 0 aliphatic rings. The molecule has 21 heavy (non-hydrogen) atoms. The van der Waals surface area contributed by atoms with Crippen LogP contribution < -0.4 is 5.32 Å². The number of carbonyl (C=O) groups is 2. The highest BCUT2D eigenvalue weighted by Gasteiger charge is 2.12. The van der Waals surface area contributed by atoms with Gasteiger partial charge in [0.2, 0.25) is 5.91 Å². The van der Waals surface area contributed by atoms with Gasteiger partial charge in [-0.05, 0) is 32.4 Å². The van der Waals surface area contributed by atoms with Crippen LogP contribution in [0.2, 0.25) is 0 Å². The summed E-state index contributed by atoms with van der Waals surface area (Å²) >= 11 is 0. The second kappa shape index (κ2) is 8.24. The lowest BCUT2D eigenvalue weighted by atomic mass is 10.2. The maximum Gasteiger partial charge on any atom is 0.254 e. The maximum atomic E-state index is 13.5. The number of aromatic hydroxyl groups is 1. The highest BCUT2D eigenvalue weighted by molar-refractivity contribution is 5.94. The van der Waals surface area contributed by atoms with Gasteiger partial charge >= 0.3 is 0 Å². The molecule has 0 saturated heterocycles. The summed E-state index contributed by atoms with van der Waals surface area (Å²) < 4.78 is 13.5. The van der Waals surface area contributed by atoms with Crippen molar-refractivity contribution < 1.29 is 19.1 Å². The number of benzene rings is 1. The van der Waals surface area contributed by atoms with Gasteiger partial charge in [-0.3, -0.25) is 9.59 Å². The van der Waals surface area contributed by atoms with E-state index < -0.39 is 11.7 Å². The standard InChI is InChI=1S/C15H21FN2O3/c1-3-18(4-2)14(20)6-5-9-17-15(21)12-8-7-11(19)10-13(12)16/h7-8,10,19H,3-6,9H2,1-2H3,(H,17,21). The van der Waals surface area contributed by atoms with E-state index in [-0.39, 0.29) is 17.2 Å². The molecule has 1 aromatic carbocycles. The van der Waals surface area contributed by atoms with Crippen LogP contribution in [0.1, 0.15) is 37.0 Å². The van der Waals surface area contributed by atoms with Gasteiger partial charge in [0.05, 0.1) is 5.56 Å². The Balaban J connectivity index is 2.39. The zero-order valence-corrected chi connectivity index (χ0v) is 12.4. The number of phenolic OH excluding ortho intramolecular Hbond substituents is 1. The monoisotopic (exact) mass is 296 g/mol. The summed E-state index contributed by atoms with van der Waals surface area (Å²) in [7, 11) is 0. The molecule has 2 N–H and O–H groups in total. The lowest BCUT2D eigenvalue weighted by Gasteiger charge is -2.18. The van der Waals surface area contributed by atoms with Gasteiger partial charge in [0, 0.05) is 32.1 Å². The largest absolute Gasteiger partial charge is 0.508 e. The lowest BCUT2D eigenvalue weighted by Crippen LogP contribution is -2.31. The Morgan fingerprint density at radius 3 is 2.52 bits per heavy atom. The smallest absolute Gasteiger partial charge is 0.254 e. The Morgan fingerprint density at radius 2 is 1.95 bits per heavy atom. The Bertz CT molecular complexity index is 502. The molecule has 0 aliphatic carbocycles. The molecular weight excluding hydrogens is 275 g/mol. The minimum atomic E-state index is -0.772. The Hall–Kier alpha value is -2.11. The molecule has 116 valence electrons. The van der Waals surface area contributed by atoms with Crippen molar-refractivity contribution in [3.63, 3.8) is 0 Å². The fourth-order valence-corrected chi connectivity index (χ4v) is 1.96. The first kappa shape index (κ1) is 16.9. The molecule has 0 fully saturated rings. The van der Waals surface area contributed by atoms with E-state index in [0.717, 1.165) is 6.07 Å². The van der Waals surface area contributed by atoms with Crippen molar-refractivity contribution in [2.24, 2.45) is 0 Å². The summed E-state index contributed by atoms with van der Waals surface area (Å²) in [5.41, 5.74) is -0.122. The van der Waals surface area contributed by atoms with Gasteiger partial charge in [-0.25, -0.2) is 4.39 Å². The van der Waals surface area contributed by atoms with Gasteiger partial charge in [-0.2, -0.15) is 0 Å². The molecule has 0 bridgehead atoms. The summed E-state index contributed by atoms with van der Waals surface area (Å²) in [6.07, 6.45) is 0.848. The predicted octanol–water partition coefficient (Wildman–Crippen LogP) is 1.91. The van der Waals surface area contributed by atoms with Gasteiger partial charge in [0.1, 0.15) is 11.6 Å². The van der Waals surface area contributed by atoms with Crippen molar-refractivity contribution in [1.29, 1.82) is 0 Å². The van der Waals surface area contributed by atoms with E-state index in [2.05, 4.69) is 5.32 Å². The third kappa shape index (κ3) is 5.06. The number of hydrogen-bond acceptors (Lipinski definition) is 3. The van der Waals surface area contributed by atoms with Crippen LogP contribution in [-0.2, 0) is 4.79 Å². The molecule has 6 heteroatoms. The predicted molar refractivity (Wildman–Crippen MR) is 77.6 cm³/mol. The number of phenols is 1. The lowest BCUT2D eigenvalue weighted by molar-refractivity contribution is -0.130. The number of nitrogens with zero attached hydrogens (tertiary/aromatic N) is 1. The van der Waals surface area contributed by atoms with E-state index in [9.17, 15) is 14.0 Å². The molecule has 1 rings (SSSR count). The number of carbonyl (C=O) groups excluding carboxylic acids is 2. The first-order chi connectivity index (χ1) is 9.99. The summed E-state index contributed by atoms with van der Waals surface area (Å²) in [6, 6.07) is 3.36. The molecule has 0 unspecified atom stereocenters. The van der Waals surface area contributed by atoms with E-state index in [4.69, 9.17) is 5.11 Å². The fraction of sp³-hybridized carbons (Fsp3) is 0.467. The minimum absolute atomic E-state index is 0.0464. The zero-order chi connectivity index (χ0) is 15.8. The summed E-state index contributed by atoms with van der Waals surface area (Å²) in [5, 5.41) is 11.6. The molecule has 1 aromatic rings. The van der Waals surface area contributed by atoms with Crippen LogP contribution in [0.5, 0.6) is 5.75 Å². The van der Waals surface area contributed by atoms with Gasteiger partial charge in [-0.1, -0.05) is 0 Å². The van der Waals surface area contributed by atoms with Gasteiger partial charge < -0.3 is 15.3 Å². The first-order valence-electron chi connectivity index (χ1n) is 7.04. The summed E-state index contributed by atoms with van der Waals surface area (Å²) in [5.74, 6) is -1.51. The van der Waals surface area contributed by atoms with Gasteiger partial charge in [0.15, 0.2) is 0 Å². The minimum Gasteiger partial charge on any atom is -0.508 e. The maximum absolute atomic E-state index is 13.5. The number of amides is 2. The molecule has 2 amide bonds. The fourth-order valence-electron chi connectivity index (χ4n) is 1.96.